The van der Waals surface area contributed by atoms with Crippen molar-refractivity contribution in [2.24, 2.45) is 0 Å². The van der Waals surface area contributed by atoms with Crippen molar-refractivity contribution in [3.05, 3.63) is 12.7 Å². The quantitative estimate of drug-likeness (QED) is 0.348. The van der Waals surface area contributed by atoms with Crippen molar-refractivity contribution in [1.29, 1.82) is 0 Å². The Hall–Kier alpha value is 0.986. The van der Waals surface area contributed by atoms with Gasteiger partial charge in [-0.25, -0.2) is 0 Å². The van der Waals surface area contributed by atoms with Crippen molar-refractivity contribution in [3.63, 3.8) is 0 Å². The van der Waals surface area contributed by atoms with Gasteiger partial charge in [-0.15, -0.1) is 0 Å². The third kappa shape index (κ3) is 19.5. The number of halogens is 1. The summed E-state index contributed by atoms with van der Waals surface area (Å²) in [7, 11) is 0. The molecule has 7 heavy (non-hydrogen) atoms. The predicted octanol–water partition coefficient (Wildman–Crippen LogP) is -1.60. The van der Waals surface area contributed by atoms with Crippen molar-refractivity contribution in [2.45, 2.75) is 19.8 Å². The molecule has 0 radical (unpaired) electrons. The molecule has 0 aliphatic heterocycles. The molecule has 2 heteroatoms. The average Bonchev–Trinajstić information content (AvgIpc) is 1.41. The van der Waals surface area contributed by atoms with E-state index in [1.54, 1.807) is 6.08 Å². The van der Waals surface area contributed by atoms with Crippen molar-refractivity contribution in [2.75, 3.05) is 0 Å². The first-order chi connectivity index (χ1) is 2.41. The SMILES string of the molecule is [Br-].[CH-]=CCCC.[Mg+2]. The van der Waals surface area contributed by atoms with Crippen LogP contribution in [0.4, 0.5) is 0 Å². The number of allylic oxidation sites excluding steroid dienone is 1. The van der Waals surface area contributed by atoms with Crippen LogP contribution in [0.3, 0.4) is 0 Å². The van der Waals surface area contributed by atoms with Gasteiger partial charge in [-0.1, -0.05) is 19.8 Å². The molecular weight excluding hydrogens is 164 g/mol. The van der Waals surface area contributed by atoms with E-state index in [1.165, 1.54) is 0 Å². The number of hydrogen-bond donors (Lipinski definition) is 0. The van der Waals surface area contributed by atoms with Gasteiger partial charge in [0.25, 0.3) is 0 Å². The van der Waals surface area contributed by atoms with E-state index in [4.69, 9.17) is 6.58 Å². The fourth-order valence-corrected chi connectivity index (χ4v) is 0.167. The first kappa shape index (κ1) is 15.7. The minimum atomic E-state index is 0. The fourth-order valence-electron chi connectivity index (χ4n) is 0.167. The maximum Gasteiger partial charge on any atom is 2.00 e. The van der Waals surface area contributed by atoms with Gasteiger partial charge < -0.3 is 23.6 Å². The van der Waals surface area contributed by atoms with Gasteiger partial charge in [0.05, 0.1) is 0 Å². The number of rotatable bonds is 2. The molecular formula is C5H9BrMg. The van der Waals surface area contributed by atoms with Gasteiger partial charge in [-0.2, -0.15) is 0 Å². The molecule has 0 aromatic heterocycles. The van der Waals surface area contributed by atoms with E-state index in [-0.39, 0.29) is 40.0 Å². The molecule has 0 saturated carbocycles. The van der Waals surface area contributed by atoms with Gasteiger partial charge in [0.2, 0.25) is 0 Å². The maximum atomic E-state index is 5.01. The summed E-state index contributed by atoms with van der Waals surface area (Å²) in [5.74, 6) is 0. The minimum absolute atomic E-state index is 0. The summed E-state index contributed by atoms with van der Waals surface area (Å²) < 4.78 is 0. The molecule has 0 amide bonds. The van der Waals surface area contributed by atoms with Crippen LogP contribution in [0.5, 0.6) is 0 Å². The molecule has 0 N–H and O–H groups in total. The van der Waals surface area contributed by atoms with Crippen LogP contribution in [0.2, 0.25) is 0 Å². The molecule has 0 spiro atoms. The van der Waals surface area contributed by atoms with E-state index < -0.39 is 0 Å². The zero-order valence-corrected chi connectivity index (χ0v) is 7.65. The molecule has 0 atom stereocenters. The zero-order chi connectivity index (χ0) is 4.12. The molecule has 0 nitrogen and oxygen atoms in total. The van der Waals surface area contributed by atoms with E-state index in [2.05, 4.69) is 6.92 Å². The second-order valence-corrected chi connectivity index (χ2v) is 1.02. The molecule has 0 aromatic rings. The Balaban J connectivity index is -0.0000000800. The number of unbranched alkanes of at least 4 members (excludes halogenated alkanes) is 1. The van der Waals surface area contributed by atoms with Crippen LogP contribution in [0.1, 0.15) is 19.8 Å². The van der Waals surface area contributed by atoms with E-state index in [9.17, 15) is 0 Å². The molecule has 0 fully saturated rings. The summed E-state index contributed by atoms with van der Waals surface area (Å²) in [5.41, 5.74) is 0. The van der Waals surface area contributed by atoms with Crippen LogP contribution >= 0.6 is 0 Å². The zero-order valence-electron chi connectivity index (χ0n) is 4.65. The van der Waals surface area contributed by atoms with Crippen molar-refractivity contribution in [1.82, 2.24) is 0 Å². The molecule has 0 bridgehead atoms. The molecule has 0 aliphatic carbocycles. The van der Waals surface area contributed by atoms with Crippen molar-refractivity contribution in [3.8, 4) is 0 Å². The Morgan fingerprint density at radius 2 is 2.00 bits per heavy atom. The van der Waals surface area contributed by atoms with Gasteiger partial charge in [-0.3, -0.25) is 6.08 Å². The Kier molecular flexibility index (Phi) is 35.3. The van der Waals surface area contributed by atoms with Gasteiger partial charge in [0.1, 0.15) is 0 Å². The standard InChI is InChI=1S/C5H9.BrH.Mg/c1-3-5-4-2;;/h1,3H,4-5H2,2H3;1H;/q-1;;+2/p-1. The van der Waals surface area contributed by atoms with Crippen molar-refractivity contribution < 1.29 is 17.0 Å². The third-order valence-electron chi connectivity index (χ3n) is 0.455. The molecule has 0 saturated heterocycles. The average molecular weight is 173 g/mol. The van der Waals surface area contributed by atoms with E-state index in [0.717, 1.165) is 12.8 Å². The Morgan fingerprint density at radius 3 is 2.00 bits per heavy atom. The first-order valence-corrected chi connectivity index (χ1v) is 1.95. The number of hydrogen-bond acceptors (Lipinski definition) is 0. The maximum absolute atomic E-state index is 5.01. The van der Waals surface area contributed by atoms with Crippen LogP contribution in [0.25, 0.3) is 0 Å². The second-order valence-electron chi connectivity index (χ2n) is 1.02. The summed E-state index contributed by atoms with van der Waals surface area (Å²) in [6, 6.07) is 0. The largest absolute Gasteiger partial charge is 2.00 e. The first-order valence-electron chi connectivity index (χ1n) is 1.95. The molecule has 38 valence electrons. The third-order valence-corrected chi connectivity index (χ3v) is 0.455. The summed E-state index contributed by atoms with van der Waals surface area (Å²) >= 11 is 0. The molecule has 0 heterocycles. The summed E-state index contributed by atoms with van der Waals surface area (Å²) in [5, 5.41) is 0. The van der Waals surface area contributed by atoms with Gasteiger partial charge >= 0.3 is 23.1 Å². The topological polar surface area (TPSA) is 0 Å². The van der Waals surface area contributed by atoms with Gasteiger partial charge in [0, 0.05) is 0 Å². The summed E-state index contributed by atoms with van der Waals surface area (Å²) in [6.45, 7) is 7.11. The molecule has 0 rings (SSSR count). The Labute approximate surface area is 72.3 Å². The normalized spacial score (nSPS) is 5.29. The monoisotopic (exact) mass is 172 g/mol. The smallest absolute Gasteiger partial charge is 1.00 e. The van der Waals surface area contributed by atoms with E-state index in [0.29, 0.717) is 0 Å². The van der Waals surface area contributed by atoms with Gasteiger partial charge in [0.15, 0.2) is 0 Å². The predicted molar refractivity (Wildman–Crippen MR) is 29.5 cm³/mol. The summed E-state index contributed by atoms with van der Waals surface area (Å²) in [6.07, 6.45) is 3.89. The van der Waals surface area contributed by atoms with Crippen LogP contribution in [-0.2, 0) is 0 Å². The Bertz CT molecular complexity index is 29.3. The van der Waals surface area contributed by atoms with E-state index >= 15 is 0 Å². The minimum Gasteiger partial charge on any atom is -1.00 e. The van der Waals surface area contributed by atoms with Gasteiger partial charge in [-0.05, 0) is 0 Å². The molecule has 0 aromatic carbocycles. The fraction of sp³-hybridized carbons (Fsp3) is 0.600. The van der Waals surface area contributed by atoms with Crippen LogP contribution in [0, 0.1) is 6.58 Å². The Morgan fingerprint density at radius 1 is 1.57 bits per heavy atom. The van der Waals surface area contributed by atoms with E-state index in [1.807, 2.05) is 0 Å². The summed E-state index contributed by atoms with van der Waals surface area (Å²) in [4.78, 5) is 0. The molecule has 0 unspecified atom stereocenters. The van der Waals surface area contributed by atoms with Crippen LogP contribution in [0.15, 0.2) is 6.08 Å². The second kappa shape index (κ2) is 15.8. The van der Waals surface area contributed by atoms with Crippen LogP contribution in [-0.4, -0.2) is 23.1 Å². The molecule has 0 aliphatic rings. The van der Waals surface area contributed by atoms with Crippen LogP contribution < -0.4 is 17.0 Å². The van der Waals surface area contributed by atoms with Crippen molar-refractivity contribution >= 4 is 23.1 Å².